The zero-order valence-electron chi connectivity index (χ0n) is 9.80. The first-order valence-electron chi connectivity index (χ1n) is 5.30. The molecular formula is C9H20N2O4S. The molecule has 0 aromatic heterocycles. The third-order valence-corrected chi connectivity index (χ3v) is 3.07. The topological polar surface area (TPSA) is 87.7 Å². The van der Waals surface area contributed by atoms with Crippen LogP contribution in [0.1, 0.15) is 13.8 Å². The molecule has 16 heavy (non-hydrogen) atoms. The maximum atomic E-state index is 10.9. The zero-order valence-corrected chi connectivity index (χ0v) is 10.6. The van der Waals surface area contributed by atoms with Gasteiger partial charge in [-0.15, -0.1) is 0 Å². The number of aliphatic hydroxyl groups is 1. The Balaban J connectivity index is 2.42. The summed E-state index contributed by atoms with van der Waals surface area (Å²) in [7, 11) is -3.24. The summed E-state index contributed by atoms with van der Waals surface area (Å²) in [5.41, 5.74) is 0. The molecule has 0 bridgehead atoms. The number of sulfonamides is 1. The molecule has 0 aromatic rings. The Bertz CT molecular complexity index is 317. The average molecular weight is 252 g/mol. The standard InChI is InChI=1S/C9H20N2O4S/c1-6(2)11-7-5-15-8(9(7)12)4-10-16(3,13)14/h6-12H,4-5H2,1-3H3/t7-,8-,9+/m1/s1. The third-order valence-electron chi connectivity index (χ3n) is 2.38. The molecule has 1 rings (SSSR count). The van der Waals surface area contributed by atoms with Crippen LogP contribution in [0, 0.1) is 0 Å². The summed E-state index contributed by atoms with van der Waals surface area (Å²) in [6.07, 6.45) is -0.0827. The van der Waals surface area contributed by atoms with E-state index in [4.69, 9.17) is 4.74 Å². The van der Waals surface area contributed by atoms with Crippen molar-refractivity contribution >= 4 is 10.0 Å². The van der Waals surface area contributed by atoms with E-state index in [1.807, 2.05) is 13.8 Å². The third kappa shape index (κ3) is 4.34. The highest BCUT2D eigenvalue weighted by Gasteiger charge is 2.36. The summed E-state index contributed by atoms with van der Waals surface area (Å²) in [5, 5.41) is 13.0. The molecule has 1 fully saturated rings. The molecule has 1 aliphatic rings. The molecule has 0 radical (unpaired) electrons. The minimum Gasteiger partial charge on any atom is -0.389 e. The second-order valence-corrected chi connectivity index (χ2v) is 6.24. The number of rotatable bonds is 5. The van der Waals surface area contributed by atoms with Crippen LogP contribution < -0.4 is 10.0 Å². The quantitative estimate of drug-likeness (QED) is 0.564. The van der Waals surface area contributed by atoms with Crippen LogP contribution in [0.4, 0.5) is 0 Å². The van der Waals surface area contributed by atoms with Gasteiger partial charge in [-0.3, -0.25) is 0 Å². The summed E-state index contributed by atoms with van der Waals surface area (Å²) in [5.74, 6) is 0. The molecule has 3 atom stereocenters. The lowest BCUT2D eigenvalue weighted by atomic mass is 10.1. The minimum atomic E-state index is -3.24. The van der Waals surface area contributed by atoms with Crippen molar-refractivity contribution in [1.82, 2.24) is 10.0 Å². The lowest BCUT2D eigenvalue weighted by molar-refractivity contribution is 0.0442. The summed E-state index contributed by atoms with van der Waals surface area (Å²) in [4.78, 5) is 0. The molecule has 6 nitrogen and oxygen atoms in total. The molecule has 0 spiro atoms. The molecule has 1 saturated heterocycles. The van der Waals surface area contributed by atoms with Crippen molar-refractivity contribution in [2.24, 2.45) is 0 Å². The summed E-state index contributed by atoms with van der Waals surface area (Å²) >= 11 is 0. The van der Waals surface area contributed by atoms with Gasteiger partial charge in [0.1, 0.15) is 0 Å². The van der Waals surface area contributed by atoms with E-state index in [9.17, 15) is 13.5 Å². The van der Waals surface area contributed by atoms with E-state index in [0.29, 0.717) is 6.61 Å². The molecule has 3 N–H and O–H groups in total. The molecule has 0 saturated carbocycles. The summed E-state index contributed by atoms with van der Waals surface area (Å²) < 4.78 is 29.4. The monoisotopic (exact) mass is 252 g/mol. The fourth-order valence-corrected chi connectivity index (χ4v) is 2.14. The van der Waals surface area contributed by atoms with Gasteiger partial charge in [0.25, 0.3) is 0 Å². The maximum Gasteiger partial charge on any atom is 0.208 e. The fourth-order valence-electron chi connectivity index (χ4n) is 1.67. The number of hydrogen-bond acceptors (Lipinski definition) is 5. The Morgan fingerprint density at radius 2 is 2.12 bits per heavy atom. The van der Waals surface area contributed by atoms with Crippen molar-refractivity contribution in [3.63, 3.8) is 0 Å². The van der Waals surface area contributed by atoms with E-state index in [-0.39, 0.29) is 18.6 Å². The molecule has 96 valence electrons. The van der Waals surface area contributed by atoms with Gasteiger partial charge in [0.2, 0.25) is 10.0 Å². The second-order valence-electron chi connectivity index (χ2n) is 4.41. The predicted octanol–water partition coefficient (Wildman–Crippen LogP) is -1.34. The Morgan fingerprint density at radius 1 is 1.50 bits per heavy atom. The van der Waals surface area contributed by atoms with Crippen LogP contribution in [0.3, 0.4) is 0 Å². The Hall–Kier alpha value is -0.210. The van der Waals surface area contributed by atoms with Gasteiger partial charge in [-0.25, -0.2) is 13.1 Å². The van der Waals surface area contributed by atoms with E-state index < -0.39 is 22.2 Å². The molecule has 0 aromatic carbocycles. The molecule has 0 unspecified atom stereocenters. The van der Waals surface area contributed by atoms with Crippen LogP contribution in [-0.2, 0) is 14.8 Å². The molecule has 0 aliphatic carbocycles. The minimum absolute atomic E-state index is 0.107. The Morgan fingerprint density at radius 3 is 2.62 bits per heavy atom. The van der Waals surface area contributed by atoms with Gasteiger partial charge < -0.3 is 15.2 Å². The van der Waals surface area contributed by atoms with Crippen LogP contribution >= 0.6 is 0 Å². The van der Waals surface area contributed by atoms with Crippen LogP contribution in [-0.4, -0.2) is 57.2 Å². The predicted molar refractivity (Wildman–Crippen MR) is 60.7 cm³/mol. The highest BCUT2D eigenvalue weighted by atomic mass is 32.2. The van der Waals surface area contributed by atoms with Gasteiger partial charge in [0.15, 0.2) is 0 Å². The van der Waals surface area contributed by atoms with E-state index in [1.165, 1.54) is 0 Å². The number of nitrogens with one attached hydrogen (secondary N) is 2. The largest absolute Gasteiger partial charge is 0.389 e. The summed E-state index contributed by atoms with van der Waals surface area (Å²) in [6.45, 7) is 4.47. The van der Waals surface area contributed by atoms with E-state index in [1.54, 1.807) is 0 Å². The van der Waals surface area contributed by atoms with Crippen LogP contribution in [0.5, 0.6) is 0 Å². The Labute approximate surface area is 96.4 Å². The first kappa shape index (κ1) is 13.9. The van der Waals surface area contributed by atoms with Crippen molar-refractivity contribution in [3.05, 3.63) is 0 Å². The first-order chi connectivity index (χ1) is 7.29. The van der Waals surface area contributed by atoms with E-state index in [0.717, 1.165) is 6.26 Å². The van der Waals surface area contributed by atoms with Gasteiger partial charge in [0, 0.05) is 12.6 Å². The van der Waals surface area contributed by atoms with Crippen LogP contribution in [0.25, 0.3) is 0 Å². The van der Waals surface area contributed by atoms with Crippen LogP contribution in [0.15, 0.2) is 0 Å². The number of hydrogen-bond donors (Lipinski definition) is 3. The lowest BCUT2D eigenvalue weighted by Gasteiger charge is -2.20. The molecular weight excluding hydrogens is 232 g/mol. The van der Waals surface area contributed by atoms with E-state index in [2.05, 4.69) is 10.0 Å². The first-order valence-corrected chi connectivity index (χ1v) is 7.19. The number of ether oxygens (including phenoxy) is 1. The Kier molecular flexibility index (Phi) is 4.69. The average Bonchev–Trinajstić information content (AvgIpc) is 2.43. The number of aliphatic hydroxyl groups excluding tert-OH is 1. The van der Waals surface area contributed by atoms with Gasteiger partial charge in [-0.1, -0.05) is 13.8 Å². The van der Waals surface area contributed by atoms with Crippen LogP contribution in [0.2, 0.25) is 0 Å². The van der Waals surface area contributed by atoms with Crippen molar-refractivity contribution in [1.29, 1.82) is 0 Å². The van der Waals surface area contributed by atoms with Crippen molar-refractivity contribution < 1.29 is 18.3 Å². The zero-order chi connectivity index (χ0) is 12.3. The molecule has 7 heteroatoms. The maximum absolute atomic E-state index is 10.9. The smallest absolute Gasteiger partial charge is 0.208 e. The van der Waals surface area contributed by atoms with Crippen molar-refractivity contribution in [2.45, 2.75) is 38.1 Å². The summed E-state index contributed by atoms with van der Waals surface area (Å²) in [6, 6.07) is 0.122. The normalized spacial score (nSPS) is 31.2. The molecule has 0 amide bonds. The van der Waals surface area contributed by atoms with Gasteiger partial charge in [-0.2, -0.15) is 0 Å². The van der Waals surface area contributed by atoms with Crippen molar-refractivity contribution in [3.8, 4) is 0 Å². The van der Waals surface area contributed by atoms with Gasteiger partial charge >= 0.3 is 0 Å². The van der Waals surface area contributed by atoms with Gasteiger partial charge in [0.05, 0.1) is 31.1 Å². The lowest BCUT2D eigenvalue weighted by Crippen LogP contribution is -2.46. The molecule has 1 aliphatic heterocycles. The SMILES string of the molecule is CC(C)N[C@@H]1CO[C@H](CNS(C)(=O)=O)[C@H]1O. The molecule has 1 heterocycles. The van der Waals surface area contributed by atoms with E-state index >= 15 is 0 Å². The second kappa shape index (κ2) is 5.42. The highest BCUT2D eigenvalue weighted by Crippen LogP contribution is 2.14. The fraction of sp³-hybridized carbons (Fsp3) is 1.00. The van der Waals surface area contributed by atoms with Crippen molar-refractivity contribution in [2.75, 3.05) is 19.4 Å². The van der Waals surface area contributed by atoms with Gasteiger partial charge in [-0.05, 0) is 0 Å². The highest BCUT2D eigenvalue weighted by molar-refractivity contribution is 7.88.